The molecule has 0 aromatic heterocycles. The number of hydrogen-bond acceptors (Lipinski definition) is 2. The molecular formula is C17H15Br2N3S. The third kappa shape index (κ3) is 3.65. The third-order valence-corrected chi connectivity index (χ3v) is 5.21. The van der Waals surface area contributed by atoms with Gasteiger partial charge in [0.05, 0.1) is 11.8 Å². The van der Waals surface area contributed by atoms with Gasteiger partial charge in [-0.1, -0.05) is 56.1 Å². The Morgan fingerprint density at radius 3 is 2.22 bits per heavy atom. The van der Waals surface area contributed by atoms with Gasteiger partial charge in [-0.3, -0.25) is 0 Å². The number of benzene rings is 2. The molecule has 0 spiro atoms. The number of nitrogens with one attached hydrogen (secondary N) is 1. The largest absolute Gasteiger partial charge is 0.364 e. The highest BCUT2D eigenvalue weighted by atomic mass is 79.9. The fourth-order valence-corrected chi connectivity index (χ4v) is 3.27. The van der Waals surface area contributed by atoms with Crippen LogP contribution in [0.25, 0.3) is 0 Å². The summed E-state index contributed by atoms with van der Waals surface area (Å²) in [4.78, 5) is 0. The van der Waals surface area contributed by atoms with Crippen molar-refractivity contribution in [2.75, 3.05) is 7.05 Å². The Bertz CT molecular complexity index is 741. The van der Waals surface area contributed by atoms with Crippen LogP contribution in [-0.4, -0.2) is 22.9 Å². The minimum atomic E-state index is 0.113. The average Bonchev–Trinajstić information content (AvgIpc) is 3.00. The van der Waals surface area contributed by atoms with E-state index in [1.54, 1.807) is 0 Å². The van der Waals surface area contributed by atoms with Crippen LogP contribution >= 0.6 is 44.1 Å². The van der Waals surface area contributed by atoms with E-state index >= 15 is 0 Å². The molecule has 6 heteroatoms. The molecule has 3 rings (SSSR count). The maximum atomic E-state index is 5.43. The van der Waals surface area contributed by atoms with E-state index in [2.05, 4.69) is 61.4 Å². The number of hydrogen-bond donors (Lipinski definition) is 1. The summed E-state index contributed by atoms with van der Waals surface area (Å²) in [5, 5.41) is 10.3. The van der Waals surface area contributed by atoms with Gasteiger partial charge in [0.25, 0.3) is 0 Å². The quantitative estimate of drug-likeness (QED) is 0.659. The van der Waals surface area contributed by atoms with Crippen molar-refractivity contribution in [3.63, 3.8) is 0 Å². The van der Waals surface area contributed by atoms with Crippen LogP contribution in [0.1, 0.15) is 23.6 Å². The van der Waals surface area contributed by atoms with Crippen LogP contribution in [0.5, 0.6) is 0 Å². The van der Waals surface area contributed by atoms with Crippen LogP contribution in [0.4, 0.5) is 0 Å². The van der Waals surface area contributed by atoms with E-state index in [9.17, 15) is 0 Å². The zero-order valence-electron chi connectivity index (χ0n) is 12.5. The van der Waals surface area contributed by atoms with Crippen LogP contribution in [0.3, 0.4) is 0 Å². The molecule has 0 bridgehead atoms. The Kier molecular flexibility index (Phi) is 5.14. The van der Waals surface area contributed by atoms with E-state index in [1.165, 1.54) is 5.56 Å². The summed E-state index contributed by atoms with van der Waals surface area (Å²) < 4.78 is 2.13. The predicted molar refractivity (Wildman–Crippen MR) is 106 cm³/mol. The average molecular weight is 453 g/mol. The second-order valence-electron chi connectivity index (χ2n) is 5.22. The molecule has 0 saturated carbocycles. The summed E-state index contributed by atoms with van der Waals surface area (Å²) >= 11 is 12.4. The lowest BCUT2D eigenvalue weighted by atomic mass is 9.99. The summed E-state index contributed by atoms with van der Waals surface area (Å²) in [6, 6.07) is 16.7. The topological polar surface area (TPSA) is 27.6 Å². The van der Waals surface area contributed by atoms with E-state index in [-0.39, 0.29) is 6.04 Å². The fourth-order valence-electron chi connectivity index (χ4n) is 2.57. The number of thiocarbonyl (C=S) groups is 1. The highest BCUT2D eigenvalue weighted by molar-refractivity contribution is 9.10. The van der Waals surface area contributed by atoms with Crippen molar-refractivity contribution in [2.24, 2.45) is 5.10 Å². The van der Waals surface area contributed by atoms with Crippen LogP contribution in [0, 0.1) is 0 Å². The normalized spacial score (nSPS) is 17.1. The predicted octanol–water partition coefficient (Wildman–Crippen LogP) is 4.87. The van der Waals surface area contributed by atoms with Gasteiger partial charge in [-0.15, -0.1) is 0 Å². The summed E-state index contributed by atoms with van der Waals surface area (Å²) in [7, 11) is 1.83. The Labute approximate surface area is 158 Å². The first-order valence-corrected chi connectivity index (χ1v) is 9.17. The summed E-state index contributed by atoms with van der Waals surface area (Å²) in [5.41, 5.74) is 3.36. The van der Waals surface area contributed by atoms with Crippen LogP contribution in [0.2, 0.25) is 0 Å². The first-order valence-electron chi connectivity index (χ1n) is 7.18. The van der Waals surface area contributed by atoms with E-state index in [0.29, 0.717) is 5.11 Å². The summed E-state index contributed by atoms with van der Waals surface area (Å²) in [6.07, 6.45) is 0.824. The fraction of sp³-hybridized carbons (Fsp3) is 0.176. The molecule has 0 saturated heterocycles. The molecule has 0 aliphatic carbocycles. The number of rotatable bonds is 2. The second kappa shape index (κ2) is 7.11. The maximum Gasteiger partial charge on any atom is 0.189 e. The molecule has 0 fully saturated rings. The Morgan fingerprint density at radius 1 is 1.09 bits per heavy atom. The van der Waals surface area contributed by atoms with E-state index in [1.807, 2.05) is 36.3 Å². The van der Waals surface area contributed by atoms with Crippen molar-refractivity contribution in [2.45, 2.75) is 12.5 Å². The molecule has 2 aromatic carbocycles. The van der Waals surface area contributed by atoms with Crippen LogP contribution in [0.15, 0.2) is 62.6 Å². The Hall–Kier alpha value is -1.24. The van der Waals surface area contributed by atoms with Gasteiger partial charge in [0.2, 0.25) is 0 Å². The summed E-state index contributed by atoms with van der Waals surface area (Å²) in [5.74, 6) is 0. The van der Waals surface area contributed by atoms with Crippen LogP contribution < -0.4 is 5.32 Å². The monoisotopic (exact) mass is 451 g/mol. The van der Waals surface area contributed by atoms with Crippen molar-refractivity contribution >= 4 is 54.9 Å². The van der Waals surface area contributed by atoms with E-state index in [0.717, 1.165) is 26.6 Å². The minimum Gasteiger partial charge on any atom is -0.364 e. The van der Waals surface area contributed by atoms with Gasteiger partial charge in [-0.25, -0.2) is 5.01 Å². The molecule has 3 nitrogen and oxygen atoms in total. The molecular weight excluding hydrogens is 438 g/mol. The second-order valence-corrected chi connectivity index (χ2v) is 7.44. The zero-order chi connectivity index (χ0) is 16.4. The SMILES string of the molecule is CNC(=S)N1N=C(c2ccc(Br)cc2)C[C@@H]1c1ccc(Br)cc1. The van der Waals surface area contributed by atoms with Crippen molar-refractivity contribution < 1.29 is 0 Å². The first kappa shape index (κ1) is 16.6. The molecule has 1 aliphatic heterocycles. The number of hydrazone groups is 1. The van der Waals surface area contributed by atoms with E-state index < -0.39 is 0 Å². The van der Waals surface area contributed by atoms with Crippen molar-refractivity contribution in [3.8, 4) is 0 Å². The highest BCUT2D eigenvalue weighted by Gasteiger charge is 2.30. The van der Waals surface area contributed by atoms with Gasteiger partial charge in [0.15, 0.2) is 5.11 Å². The molecule has 1 aliphatic rings. The van der Waals surface area contributed by atoms with Gasteiger partial charge in [0, 0.05) is 22.4 Å². The van der Waals surface area contributed by atoms with Gasteiger partial charge in [0.1, 0.15) is 0 Å². The number of nitrogens with zero attached hydrogens (tertiary/aromatic N) is 2. The van der Waals surface area contributed by atoms with Gasteiger partial charge >= 0.3 is 0 Å². The molecule has 118 valence electrons. The Morgan fingerprint density at radius 2 is 1.65 bits per heavy atom. The molecule has 0 unspecified atom stereocenters. The highest BCUT2D eigenvalue weighted by Crippen LogP contribution is 2.33. The maximum absolute atomic E-state index is 5.43. The molecule has 2 aromatic rings. The molecule has 1 heterocycles. The summed E-state index contributed by atoms with van der Waals surface area (Å²) in [6.45, 7) is 0. The van der Waals surface area contributed by atoms with Crippen molar-refractivity contribution in [1.82, 2.24) is 10.3 Å². The van der Waals surface area contributed by atoms with Gasteiger partial charge in [-0.05, 0) is 47.6 Å². The van der Waals surface area contributed by atoms with Gasteiger partial charge in [-0.2, -0.15) is 5.10 Å². The molecule has 0 radical (unpaired) electrons. The molecule has 1 N–H and O–H groups in total. The third-order valence-electron chi connectivity index (χ3n) is 3.76. The Balaban J connectivity index is 1.93. The lowest BCUT2D eigenvalue weighted by Crippen LogP contribution is -2.34. The van der Waals surface area contributed by atoms with Crippen molar-refractivity contribution in [3.05, 3.63) is 68.6 Å². The van der Waals surface area contributed by atoms with Gasteiger partial charge < -0.3 is 5.32 Å². The lowest BCUT2D eigenvalue weighted by molar-refractivity contribution is 0.366. The lowest BCUT2D eigenvalue weighted by Gasteiger charge is -2.23. The standard InChI is InChI=1S/C17H15Br2N3S/c1-20-17(23)22-16(12-4-8-14(19)9-5-12)10-15(21-22)11-2-6-13(18)7-3-11/h2-9,16H,10H2,1H3,(H,20,23)/t16-/m1/s1. The molecule has 1 atom stereocenters. The first-order chi connectivity index (χ1) is 11.1. The molecule has 23 heavy (non-hydrogen) atoms. The smallest absolute Gasteiger partial charge is 0.189 e. The van der Waals surface area contributed by atoms with E-state index in [4.69, 9.17) is 17.3 Å². The minimum absolute atomic E-state index is 0.113. The van der Waals surface area contributed by atoms with Crippen molar-refractivity contribution in [1.29, 1.82) is 0 Å². The molecule has 0 amide bonds. The zero-order valence-corrected chi connectivity index (χ0v) is 16.5. The van der Waals surface area contributed by atoms with Crippen LogP contribution in [-0.2, 0) is 0 Å². The number of halogens is 2.